The third kappa shape index (κ3) is 2.89. The van der Waals surface area contributed by atoms with Gasteiger partial charge in [-0.1, -0.05) is 9.61 Å². The second-order valence-electron chi connectivity index (χ2n) is 5.80. The number of nitrogens with zero attached hydrogens (tertiary/aromatic N) is 7. The summed E-state index contributed by atoms with van der Waals surface area (Å²) in [6, 6.07) is 3.57. The number of hydrogen-bond donors (Lipinski definition) is 1. The van der Waals surface area contributed by atoms with Crippen LogP contribution in [-0.4, -0.2) is 47.4 Å². The van der Waals surface area contributed by atoms with E-state index in [4.69, 9.17) is 4.74 Å². The number of ether oxygens (including phenoxy) is 1. The Morgan fingerprint density at radius 1 is 1.44 bits per heavy atom. The maximum absolute atomic E-state index is 11.0. The molecule has 0 saturated heterocycles. The van der Waals surface area contributed by atoms with Crippen LogP contribution >= 0.6 is 0 Å². The zero-order valence-electron chi connectivity index (χ0n) is 13.5. The molecule has 0 aromatic carbocycles. The van der Waals surface area contributed by atoms with Gasteiger partial charge >= 0.3 is 5.82 Å². The third-order valence-electron chi connectivity index (χ3n) is 4.06. The van der Waals surface area contributed by atoms with Crippen molar-refractivity contribution in [3.05, 3.63) is 40.1 Å². The predicted octanol–water partition coefficient (Wildman–Crippen LogP) is 0.802. The van der Waals surface area contributed by atoms with Gasteiger partial charge in [-0.25, -0.2) is 14.6 Å². The molecular formula is C14H16N8O3. The van der Waals surface area contributed by atoms with Crippen molar-refractivity contribution in [2.45, 2.75) is 32.0 Å². The molecule has 1 unspecified atom stereocenters. The van der Waals surface area contributed by atoms with E-state index in [1.165, 1.54) is 10.7 Å². The molecule has 0 bridgehead atoms. The Bertz CT molecular complexity index is 933. The molecule has 1 N–H and O–H groups in total. The highest BCUT2D eigenvalue weighted by atomic mass is 16.6. The van der Waals surface area contributed by atoms with Crippen molar-refractivity contribution in [1.82, 2.24) is 29.4 Å². The lowest BCUT2D eigenvalue weighted by atomic mass is 10.1. The maximum Gasteiger partial charge on any atom is 0.368 e. The Morgan fingerprint density at radius 2 is 2.32 bits per heavy atom. The Kier molecular flexibility index (Phi) is 3.76. The summed E-state index contributed by atoms with van der Waals surface area (Å²) in [5.74, 6) is 2.01. The van der Waals surface area contributed by atoms with E-state index in [9.17, 15) is 10.1 Å². The molecule has 1 aliphatic rings. The topological polar surface area (TPSA) is 125 Å². The average molecular weight is 344 g/mol. The van der Waals surface area contributed by atoms with Crippen LogP contribution < -0.4 is 5.32 Å². The van der Waals surface area contributed by atoms with Crippen molar-refractivity contribution in [3.63, 3.8) is 0 Å². The Balaban J connectivity index is 1.53. The van der Waals surface area contributed by atoms with E-state index < -0.39 is 4.92 Å². The highest BCUT2D eigenvalue weighted by Crippen LogP contribution is 2.19. The molecule has 0 radical (unpaired) electrons. The lowest BCUT2D eigenvalue weighted by molar-refractivity contribution is -0.391. The van der Waals surface area contributed by atoms with Crippen LogP contribution in [0.2, 0.25) is 0 Å². The molecule has 3 aromatic heterocycles. The van der Waals surface area contributed by atoms with Crippen molar-refractivity contribution in [3.8, 4) is 0 Å². The van der Waals surface area contributed by atoms with Crippen LogP contribution in [0.15, 0.2) is 18.3 Å². The Hall–Kier alpha value is -3.08. The Morgan fingerprint density at radius 3 is 3.12 bits per heavy atom. The summed E-state index contributed by atoms with van der Waals surface area (Å²) < 4.78 is 8.16. The molecule has 25 heavy (non-hydrogen) atoms. The first-order valence-electron chi connectivity index (χ1n) is 7.81. The summed E-state index contributed by atoms with van der Waals surface area (Å²) in [6.07, 6.45) is 2.87. The smallest absolute Gasteiger partial charge is 0.368 e. The van der Waals surface area contributed by atoms with Gasteiger partial charge in [0.05, 0.1) is 6.54 Å². The highest BCUT2D eigenvalue weighted by molar-refractivity contribution is 5.48. The van der Waals surface area contributed by atoms with Gasteiger partial charge < -0.3 is 20.2 Å². The van der Waals surface area contributed by atoms with E-state index in [2.05, 4.69) is 25.5 Å². The minimum Gasteiger partial charge on any atom is -0.377 e. The van der Waals surface area contributed by atoms with E-state index >= 15 is 0 Å². The van der Waals surface area contributed by atoms with Gasteiger partial charge in [-0.15, -0.1) is 0 Å². The fourth-order valence-corrected chi connectivity index (χ4v) is 2.94. The zero-order chi connectivity index (χ0) is 17.4. The molecular weight excluding hydrogens is 328 g/mol. The van der Waals surface area contributed by atoms with E-state index in [0.29, 0.717) is 30.4 Å². The molecule has 4 rings (SSSR count). The van der Waals surface area contributed by atoms with Crippen molar-refractivity contribution >= 4 is 17.3 Å². The first kappa shape index (κ1) is 15.4. The van der Waals surface area contributed by atoms with Crippen LogP contribution in [-0.2, 0) is 24.3 Å². The summed E-state index contributed by atoms with van der Waals surface area (Å²) in [5.41, 5.74) is 0.434. The first-order valence-corrected chi connectivity index (χ1v) is 7.81. The maximum atomic E-state index is 11.0. The van der Waals surface area contributed by atoms with Crippen LogP contribution in [0.5, 0.6) is 0 Å². The van der Waals surface area contributed by atoms with Crippen molar-refractivity contribution in [1.29, 1.82) is 0 Å². The Labute approximate surface area is 141 Å². The van der Waals surface area contributed by atoms with E-state index in [-0.39, 0.29) is 11.9 Å². The van der Waals surface area contributed by atoms with Gasteiger partial charge in [-0.2, -0.15) is 5.10 Å². The minimum atomic E-state index is -0.504. The molecule has 1 aliphatic heterocycles. The van der Waals surface area contributed by atoms with Crippen molar-refractivity contribution in [2.75, 3.05) is 12.4 Å². The fourth-order valence-electron chi connectivity index (χ4n) is 2.94. The van der Waals surface area contributed by atoms with Crippen molar-refractivity contribution in [2.24, 2.45) is 0 Å². The number of rotatable bonds is 5. The van der Waals surface area contributed by atoms with Crippen molar-refractivity contribution < 1.29 is 9.66 Å². The van der Waals surface area contributed by atoms with Gasteiger partial charge in [0.15, 0.2) is 11.6 Å². The number of aryl methyl sites for hydroxylation is 1. The molecule has 0 aliphatic carbocycles. The summed E-state index contributed by atoms with van der Waals surface area (Å²) in [6.45, 7) is 1.04. The molecule has 11 heteroatoms. The second kappa shape index (κ2) is 6.09. The van der Waals surface area contributed by atoms with Crippen LogP contribution in [0.4, 0.5) is 11.6 Å². The summed E-state index contributed by atoms with van der Waals surface area (Å²) >= 11 is 0. The summed E-state index contributed by atoms with van der Waals surface area (Å²) in [4.78, 5) is 18.9. The van der Waals surface area contributed by atoms with Gasteiger partial charge in [0.25, 0.3) is 0 Å². The molecule has 0 spiro atoms. The number of imidazole rings is 1. The van der Waals surface area contributed by atoms with Gasteiger partial charge in [0.2, 0.25) is 5.65 Å². The van der Waals surface area contributed by atoms with Gasteiger partial charge in [-0.05, 0) is 17.4 Å². The monoisotopic (exact) mass is 344 g/mol. The molecule has 0 amide bonds. The second-order valence-corrected chi connectivity index (χ2v) is 5.80. The number of hydrogen-bond acceptors (Lipinski definition) is 8. The molecule has 3 aromatic rings. The summed E-state index contributed by atoms with van der Waals surface area (Å²) in [7, 11) is 1.61. The van der Waals surface area contributed by atoms with E-state index in [0.717, 1.165) is 18.7 Å². The van der Waals surface area contributed by atoms with Crippen LogP contribution in [0.1, 0.15) is 18.1 Å². The third-order valence-corrected chi connectivity index (χ3v) is 4.06. The molecule has 0 fully saturated rings. The lowest BCUT2D eigenvalue weighted by Gasteiger charge is -2.23. The number of nitrogens with one attached hydrogen (secondary N) is 1. The van der Waals surface area contributed by atoms with Gasteiger partial charge in [0.1, 0.15) is 18.6 Å². The zero-order valence-corrected chi connectivity index (χ0v) is 13.5. The molecule has 4 heterocycles. The van der Waals surface area contributed by atoms with Crippen LogP contribution in [0.25, 0.3) is 5.65 Å². The summed E-state index contributed by atoms with van der Waals surface area (Å²) in [5, 5.41) is 23.0. The largest absolute Gasteiger partial charge is 0.377 e. The lowest BCUT2D eigenvalue weighted by Crippen LogP contribution is -2.32. The molecule has 1 atom stereocenters. The molecule has 0 saturated carbocycles. The predicted molar refractivity (Wildman–Crippen MR) is 86.1 cm³/mol. The van der Waals surface area contributed by atoms with Crippen LogP contribution in [0.3, 0.4) is 0 Å². The highest BCUT2D eigenvalue weighted by Gasteiger charge is 2.23. The van der Waals surface area contributed by atoms with Crippen LogP contribution in [0, 0.1) is 10.1 Å². The SMILES string of the molecule is COCc1nc2n(n1)CC(Nc1ccc3ncc([N+](=O)[O-])n3n1)CC2. The quantitative estimate of drug-likeness (QED) is 0.532. The molecule has 11 nitrogen and oxygen atoms in total. The van der Waals surface area contributed by atoms with E-state index in [1.54, 1.807) is 19.2 Å². The molecule has 130 valence electrons. The number of aromatic nitrogens is 6. The fraction of sp³-hybridized carbons (Fsp3) is 0.429. The average Bonchev–Trinajstić information content (AvgIpc) is 3.17. The number of fused-ring (bicyclic) bond motifs is 2. The standard InChI is InChI=1S/C14H16N8O3/c1-25-8-11-17-13-4-2-9(7-20(13)18-11)16-10-3-5-12-15-6-14(22(23)24)21(12)19-10/h3,5-6,9H,2,4,7-8H2,1H3,(H,16,19). The van der Waals surface area contributed by atoms with Gasteiger partial charge in [0, 0.05) is 25.6 Å². The normalized spacial score (nSPS) is 16.8. The minimum absolute atomic E-state index is 0.108. The first-order chi connectivity index (χ1) is 12.1. The number of methoxy groups -OCH3 is 1. The number of anilines is 1. The number of nitro groups is 1. The van der Waals surface area contributed by atoms with E-state index in [1.807, 2.05) is 4.68 Å². The van der Waals surface area contributed by atoms with Gasteiger partial charge in [-0.3, -0.25) is 0 Å².